The van der Waals surface area contributed by atoms with Gasteiger partial charge in [0.25, 0.3) is 0 Å². The summed E-state index contributed by atoms with van der Waals surface area (Å²) in [5.41, 5.74) is 4.88. The molecule has 0 saturated carbocycles. The molecule has 186 valence electrons. The fourth-order valence-corrected chi connectivity index (χ4v) is 6.16. The molecule has 2 rings (SSSR count). The van der Waals surface area contributed by atoms with Crippen LogP contribution in [0.15, 0.2) is 48.5 Å². The van der Waals surface area contributed by atoms with Crippen molar-refractivity contribution in [3.63, 3.8) is 0 Å². The van der Waals surface area contributed by atoms with Crippen molar-refractivity contribution in [2.75, 3.05) is 47.5 Å². The van der Waals surface area contributed by atoms with Crippen molar-refractivity contribution in [1.82, 2.24) is 9.44 Å². The number of aryl methyl sites for hydroxylation is 2. The molecule has 6 nitrogen and oxygen atoms in total. The second kappa shape index (κ2) is 16.1. The molecule has 2 aromatic rings. The van der Waals surface area contributed by atoms with E-state index in [0.29, 0.717) is 0 Å². The van der Waals surface area contributed by atoms with Gasteiger partial charge in [0.1, 0.15) is 0 Å². The second-order valence-electron chi connectivity index (χ2n) is 7.51. The first-order valence-corrected chi connectivity index (χ1v) is 15.9. The number of carbonyl (C=O) groups excluding carboxylic acids is 2. The molecule has 0 radical (unpaired) electrons. The van der Waals surface area contributed by atoms with E-state index in [1.165, 1.54) is 66.0 Å². The van der Waals surface area contributed by atoms with Gasteiger partial charge in [0, 0.05) is 71.0 Å². The van der Waals surface area contributed by atoms with Crippen LogP contribution in [0.1, 0.15) is 25.0 Å². The fourth-order valence-electron chi connectivity index (χ4n) is 3.19. The molecule has 0 atom stereocenters. The number of rotatable bonds is 14. The van der Waals surface area contributed by atoms with Gasteiger partial charge in [-0.05, 0) is 63.1 Å². The van der Waals surface area contributed by atoms with Gasteiger partial charge in [-0.2, -0.15) is 0 Å². The summed E-state index contributed by atoms with van der Waals surface area (Å²) >= 11 is 0. The third-order valence-corrected chi connectivity index (χ3v) is 8.66. The lowest BCUT2D eigenvalue weighted by molar-refractivity contribution is -0.136. The summed E-state index contributed by atoms with van der Waals surface area (Å²) in [6.45, 7) is 12.0. The Morgan fingerprint density at radius 2 is 1.15 bits per heavy atom. The first-order chi connectivity index (χ1) is 16.4. The van der Waals surface area contributed by atoms with Crippen LogP contribution in [0.4, 0.5) is 11.4 Å². The zero-order valence-electron chi connectivity index (χ0n) is 20.2. The average Bonchev–Trinajstić information content (AvgIpc) is 2.83. The van der Waals surface area contributed by atoms with Crippen LogP contribution < -0.4 is 19.2 Å². The van der Waals surface area contributed by atoms with Crippen LogP contribution in [-0.4, -0.2) is 49.5 Å². The molecule has 0 spiro atoms. The van der Waals surface area contributed by atoms with Crippen LogP contribution in [-0.2, 0) is 9.59 Å². The molecule has 0 aliphatic rings. The van der Waals surface area contributed by atoms with Crippen molar-refractivity contribution in [1.29, 1.82) is 0 Å². The van der Waals surface area contributed by atoms with E-state index in [0.717, 1.165) is 37.7 Å². The lowest BCUT2D eigenvalue weighted by Crippen LogP contribution is -2.33. The van der Waals surface area contributed by atoms with Crippen LogP contribution in [0.3, 0.4) is 0 Å². The summed E-state index contributed by atoms with van der Waals surface area (Å²) < 4.78 is 5.19. The summed E-state index contributed by atoms with van der Waals surface area (Å²) in [4.78, 5) is 28.6. The molecule has 34 heavy (non-hydrogen) atoms. The average molecular weight is 539 g/mol. The maximum Gasteiger partial charge on any atom is 0.320 e. The van der Waals surface area contributed by atoms with E-state index in [2.05, 4.69) is 95.5 Å². The van der Waals surface area contributed by atoms with Crippen LogP contribution >= 0.6 is 43.5 Å². The van der Waals surface area contributed by atoms with E-state index < -0.39 is 11.8 Å². The Balaban J connectivity index is 1.57. The zero-order chi connectivity index (χ0) is 24.8. The molecule has 0 bridgehead atoms. The molecule has 0 aromatic heterocycles. The predicted octanol–water partition coefficient (Wildman–Crippen LogP) is 5.48. The lowest BCUT2D eigenvalue weighted by Gasteiger charge is -2.23. The first-order valence-electron chi connectivity index (χ1n) is 11.2. The smallest absolute Gasteiger partial charge is 0.320 e. The molecule has 2 amide bonds. The normalized spacial score (nSPS) is 10.6. The van der Waals surface area contributed by atoms with Crippen molar-refractivity contribution >= 4 is 66.7 Å². The third-order valence-electron chi connectivity index (χ3n) is 4.98. The molecular formula is C24H34N4O2S4. The number of nitrogens with zero attached hydrogens (tertiary/aromatic N) is 2. The number of hydrogen-bond donors (Lipinski definition) is 2. The number of carbonyl (C=O) groups is 2. The summed E-state index contributed by atoms with van der Waals surface area (Å²) in [5, 5.41) is 0. The van der Waals surface area contributed by atoms with E-state index in [1.807, 2.05) is 0 Å². The van der Waals surface area contributed by atoms with Crippen LogP contribution in [0.2, 0.25) is 0 Å². The van der Waals surface area contributed by atoms with Crippen molar-refractivity contribution in [2.45, 2.75) is 27.7 Å². The minimum Gasteiger partial charge on any atom is -0.371 e. The van der Waals surface area contributed by atoms with Gasteiger partial charge in [0.05, 0.1) is 0 Å². The molecule has 0 aliphatic heterocycles. The highest BCUT2D eigenvalue weighted by Crippen LogP contribution is 2.22. The van der Waals surface area contributed by atoms with Crippen LogP contribution in [0.25, 0.3) is 0 Å². The standard InChI is InChI=1S/C24H34N4O2S4/c1-5-27(21-11-7-9-19(3)17-21)13-15-31-33-25-23(29)24(30)26-34-32-16-14-28(6-2)22-12-8-10-20(4)18-22/h7-12,17-18H,5-6,13-16H2,1-4H3,(H,25,29)(H,26,30). The van der Waals surface area contributed by atoms with Gasteiger partial charge in [0.15, 0.2) is 0 Å². The maximum absolute atomic E-state index is 12.0. The van der Waals surface area contributed by atoms with Gasteiger partial charge >= 0.3 is 11.8 Å². The zero-order valence-corrected chi connectivity index (χ0v) is 23.5. The highest BCUT2D eigenvalue weighted by molar-refractivity contribution is 8.76. The first kappa shape index (κ1) is 28.6. The van der Waals surface area contributed by atoms with Gasteiger partial charge in [-0.25, -0.2) is 0 Å². The molecule has 2 aromatic carbocycles. The van der Waals surface area contributed by atoms with Crippen LogP contribution in [0.5, 0.6) is 0 Å². The summed E-state index contributed by atoms with van der Waals surface area (Å²) in [6, 6.07) is 16.9. The Morgan fingerprint density at radius 3 is 1.50 bits per heavy atom. The molecule has 2 N–H and O–H groups in total. The Labute approximate surface area is 219 Å². The summed E-state index contributed by atoms with van der Waals surface area (Å²) in [7, 11) is 5.44. The third kappa shape index (κ3) is 10.3. The number of hydrogen-bond acceptors (Lipinski definition) is 8. The number of amides is 2. The maximum atomic E-state index is 12.0. The van der Waals surface area contributed by atoms with E-state index in [1.54, 1.807) is 0 Å². The van der Waals surface area contributed by atoms with Gasteiger partial charge in [-0.1, -0.05) is 45.9 Å². The second-order valence-corrected chi connectivity index (χ2v) is 12.0. The molecule has 0 unspecified atom stereocenters. The summed E-state index contributed by atoms with van der Waals surface area (Å²) in [5.74, 6) is 0.389. The SMILES string of the molecule is CCN(CCSSNC(=O)C(=O)NSSCCN(CC)c1cccc(C)c1)c1cccc(C)c1. The minimum absolute atomic E-state index is 0.633. The molecule has 0 heterocycles. The van der Waals surface area contributed by atoms with Gasteiger partial charge in [-0.3, -0.25) is 19.0 Å². The van der Waals surface area contributed by atoms with E-state index >= 15 is 0 Å². The fraction of sp³-hybridized carbons (Fsp3) is 0.417. The Kier molecular flexibility index (Phi) is 13.6. The number of benzene rings is 2. The van der Waals surface area contributed by atoms with Crippen molar-refractivity contribution < 1.29 is 9.59 Å². The molecule has 0 fully saturated rings. The molecule has 10 heteroatoms. The Hall–Kier alpha value is -1.62. The largest absolute Gasteiger partial charge is 0.371 e. The van der Waals surface area contributed by atoms with Crippen molar-refractivity contribution in [3.8, 4) is 0 Å². The minimum atomic E-state index is -0.633. The predicted molar refractivity (Wildman–Crippen MR) is 155 cm³/mol. The number of anilines is 2. The van der Waals surface area contributed by atoms with Gasteiger partial charge in [0.2, 0.25) is 0 Å². The van der Waals surface area contributed by atoms with E-state index in [4.69, 9.17) is 0 Å². The topological polar surface area (TPSA) is 64.7 Å². The quantitative estimate of drug-likeness (QED) is 0.142. The lowest BCUT2D eigenvalue weighted by atomic mass is 10.2. The van der Waals surface area contributed by atoms with E-state index in [9.17, 15) is 9.59 Å². The highest BCUT2D eigenvalue weighted by atomic mass is 33.1. The monoisotopic (exact) mass is 538 g/mol. The summed E-state index contributed by atoms with van der Waals surface area (Å²) in [6.07, 6.45) is 0. The van der Waals surface area contributed by atoms with Crippen LogP contribution in [0, 0.1) is 13.8 Å². The van der Waals surface area contributed by atoms with Crippen molar-refractivity contribution in [3.05, 3.63) is 59.7 Å². The van der Waals surface area contributed by atoms with Gasteiger partial charge in [-0.15, -0.1) is 0 Å². The molecule has 0 aliphatic carbocycles. The molecular weight excluding hydrogens is 505 g/mol. The van der Waals surface area contributed by atoms with E-state index in [-0.39, 0.29) is 0 Å². The highest BCUT2D eigenvalue weighted by Gasteiger charge is 2.14. The Bertz CT molecular complexity index is 843. The van der Waals surface area contributed by atoms with Gasteiger partial charge < -0.3 is 9.80 Å². The molecule has 0 saturated heterocycles. The Morgan fingerprint density at radius 1 is 0.735 bits per heavy atom. The number of nitrogens with one attached hydrogen (secondary N) is 2. The van der Waals surface area contributed by atoms with Crippen molar-refractivity contribution in [2.24, 2.45) is 0 Å².